The number of benzene rings is 1. The second-order valence-corrected chi connectivity index (χ2v) is 3.48. The Labute approximate surface area is 98.9 Å². The number of carbonyl (C=O) groups is 2. The zero-order chi connectivity index (χ0) is 12.8. The highest BCUT2D eigenvalue weighted by Crippen LogP contribution is 2.17. The quantitative estimate of drug-likeness (QED) is 0.681. The molecule has 1 rings (SSSR count). The topological polar surface area (TPSA) is 92.4 Å². The van der Waals surface area contributed by atoms with Gasteiger partial charge in [0.1, 0.15) is 0 Å². The first-order valence-electron chi connectivity index (χ1n) is 5.06. The molecule has 1 amide bonds. The smallest absolute Gasteiger partial charge is 0.337 e. The third kappa shape index (κ3) is 3.73. The zero-order valence-electron chi connectivity index (χ0n) is 9.43. The van der Waals surface area contributed by atoms with E-state index in [-0.39, 0.29) is 17.8 Å². The van der Waals surface area contributed by atoms with Crippen LogP contribution < -0.4 is 11.1 Å². The molecule has 17 heavy (non-hydrogen) atoms. The number of hydrogen-bond donors (Lipinski definition) is 3. The van der Waals surface area contributed by atoms with Crippen LogP contribution in [0.4, 0.5) is 5.69 Å². The number of anilines is 1. The van der Waals surface area contributed by atoms with Crippen LogP contribution >= 0.6 is 0 Å². The summed E-state index contributed by atoms with van der Waals surface area (Å²) in [6.07, 6.45) is 2.76. The van der Waals surface area contributed by atoms with Crippen molar-refractivity contribution >= 4 is 17.6 Å². The van der Waals surface area contributed by atoms with E-state index in [1.165, 1.54) is 18.2 Å². The average Bonchev–Trinajstić information content (AvgIpc) is 2.28. The maximum absolute atomic E-state index is 11.4. The van der Waals surface area contributed by atoms with Crippen molar-refractivity contribution in [2.75, 3.05) is 11.9 Å². The molecule has 0 aromatic heterocycles. The van der Waals surface area contributed by atoms with Crippen LogP contribution in [0.25, 0.3) is 0 Å². The molecule has 5 nitrogen and oxygen atoms in total. The third-order valence-corrected chi connectivity index (χ3v) is 2.07. The van der Waals surface area contributed by atoms with Gasteiger partial charge in [-0.1, -0.05) is 17.7 Å². The Morgan fingerprint density at radius 1 is 1.47 bits per heavy atom. The highest BCUT2D eigenvalue weighted by Gasteiger charge is 2.11. The lowest BCUT2D eigenvalue weighted by atomic mass is 10.1. The minimum absolute atomic E-state index is 0.0690. The zero-order valence-corrected chi connectivity index (χ0v) is 9.43. The predicted molar refractivity (Wildman–Crippen MR) is 65.0 cm³/mol. The van der Waals surface area contributed by atoms with Crippen LogP contribution in [0.5, 0.6) is 0 Å². The molecule has 0 atom stereocenters. The maximum atomic E-state index is 11.4. The third-order valence-electron chi connectivity index (χ3n) is 2.07. The van der Waals surface area contributed by atoms with Gasteiger partial charge in [-0.25, -0.2) is 4.79 Å². The number of nitrogens with two attached hydrogens (primary N) is 1. The van der Waals surface area contributed by atoms with Crippen LogP contribution in [0.15, 0.2) is 30.4 Å². The molecule has 0 unspecified atom stereocenters. The first-order chi connectivity index (χ1) is 8.04. The van der Waals surface area contributed by atoms with E-state index in [4.69, 9.17) is 10.8 Å². The van der Waals surface area contributed by atoms with Crippen LogP contribution in [0, 0.1) is 6.92 Å². The summed E-state index contributed by atoms with van der Waals surface area (Å²) in [6.45, 7) is 2.04. The lowest BCUT2D eigenvalue weighted by molar-refractivity contribution is -0.111. The van der Waals surface area contributed by atoms with Gasteiger partial charge >= 0.3 is 5.97 Å². The van der Waals surface area contributed by atoms with Crippen molar-refractivity contribution < 1.29 is 14.7 Å². The molecule has 0 spiro atoms. The van der Waals surface area contributed by atoms with Gasteiger partial charge in [-0.05, 0) is 19.1 Å². The molecule has 0 aliphatic rings. The summed E-state index contributed by atoms with van der Waals surface area (Å²) in [5, 5.41) is 11.5. The molecule has 5 heteroatoms. The Morgan fingerprint density at radius 3 is 2.76 bits per heavy atom. The standard InChI is InChI=1S/C12H14N2O3/c1-8-4-5-10(9(7-8)12(16)17)14-11(15)3-2-6-13/h2-5,7H,6,13H2,1H3,(H,14,15)(H,16,17)/b3-2+. The van der Waals surface area contributed by atoms with E-state index in [9.17, 15) is 9.59 Å². The van der Waals surface area contributed by atoms with Gasteiger partial charge < -0.3 is 16.2 Å². The molecule has 90 valence electrons. The number of aromatic carboxylic acids is 1. The molecule has 0 aliphatic heterocycles. The monoisotopic (exact) mass is 234 g/mol. The van der Waals surface area contributed by atoms with E-state index in [0.717, 1.165) is 5.56 Å². The summed E-state index contributed by atoms with van der Waals surface area (Å²) in [4.78, 5) is 22.4. The maximum Gasteiger partial charge on any atom is 0.337 e. The van der Waals surface area contributed by atoms with Gasteiger partial charge in [0.05, 0.1) is 11.3 Å². The predicted octanol–water partition coefficient (Wildman–Crippen LogP) is 1.15. The number of nitrogens with one attached hydrogen (secondary N) is 1. The van der Waals surface area contributed by atoms with E-state index in [1.54, 1.807) is 19.1 Å². The lowest BCUT2D eigenvalue weighted by Crippen LogP contribution is -2.12. The minimum Gasteiger partial charge on any atom is -0.478 e. The number of amides is 1. The average molecular weight is 234 g/mol. The van der Waals surface area contributed by atoms with Crippen molar-refractivity contribution in [3.63, 3.8) is 0 Å². The van der Waals surface area contributed by atoms with Gasteiger partial charge in [0.15, 0.2) is 0 Å². The number of hydrogen-bond acceptors (Lipinski definition) is 3. The summed E-state index contributed by atoms with van der Waals surface area (Å²) in [5.41, 5.74) is 6.37. The number of carbonyl (C=O) groups excluding carboxylic acids is 1. The van der Waals surface area contributed by atoms with Gasteiger partial charge in [-0.3, -0.25) is 4.79 Å². The van der Waals surface area contributed by atoms with Crippen LogP contribution in [0.1, 0.15) is 15.9 Å². The van der Waals surface area contributed by atoms with Crippen molar-refractivity contribution in [1.82, 2.24) is 0 Å². The summed E-state index contributed by atoms with van der Waals surface area (Å²) in [7, 11) is 0. The molecular weight excluding hydrogens is 220 g/mol. The van der Waals surface area contributed by atoms with Crippen molar-refractivity contribution in [1.29, 1.82) is 0 Å². The fourth-order valence-corrected chi connectivity index (χ4v) is 1.29. The first-order valence-corrected chi connectivity index (χ1v) is 5.06. The molecule has 0 radical (unpaired) electrons. The Kier molecular flexibility index (Phi) is 4.42. The summed E-state index contributed by atoms with van der Waals surface area (Å²) in [5.74, 6) is -1.48. The Hall–Kier alpha value is -2.14. The van der Waals surface area contributed by atoms with Crippen molar-refractivity contribution in [3.05, 3.63) is 41.5 Å². The molecule has 0 saturated heterocycles. The van der Waals surface area contributed by atoms with Crippen molar-refractivity contribution in [2.45, 2.75) is 6.92 Å². The normalized spacial score (nSPS) is 10.5. The SMILES string of the molecule is Cc1ccc(NC(=O)/C=C/CN)c(C(=O)O)c1. The van der Waals surface area contributed by atoms with E-state index in [0.29, 0.717) is 0 Å². The number of carboxylic acid groups (broad SMARTS) is 1. The second-order valence-electron chi connectivity index (χ2n) is 3.48. The van der Waals surface area contributed by atoms with Crippen LogP contribution in [-0.2, 0) is 4.79 Å². The molecule has 0 saturated carbocycles. The number of aryl methyl sites for hydroxylation is 1. The molecule has 0 heterocycles. The Balaban J connectivity index is 2.94. The fourth-order valence-electron chi connectivity index (χ4n) is 1.29. The van der Waals surface area contributed by atoms with Crippen LogP contribution in [0.3, 0.4) is 0 Å². The fraction of sp³-hybridized carbons (Fsp3) is 0.167. The van der Waals surface area contributed by atoms with Gasteiger partial charge in [-0.2, -0.15) is 0 Å². The van der Waals surface area contributed by atoms with Gasteiger partial charge in [0, 0.05) is 12.6 Å². The largest absolute Gasteiger partial charge is 0.478 e. The molecule has 0 fully saturated rings. The molecule has 1 aromatic rings. The van der Waals surface area contributed by atoms with Crippen molar-refractivity contribution in [3.8, 4) is 0 Å². The van der Waals surface area contributed by atoms with Crippen molar-refractivity contribution in [2.24, 2.45) is 5.73 Å². The molecule has 0 aliphatic carbocycles. The van der Waals surface area contributed by atoms with Crippen LogP contribution in [0.2, 0.25) is 0 Å². The first kappa shape index (κ1) is 12.9. The highest BCUT2D eigenvalue weighted by molar-refractivity contribution is 6.04. The number of carboxylic acids is 1. The van der Waals surface area contributed by atoms with E-state index in [2.05, 4.69) is 5.32 Å². The summed E-state index contributed by atoms with van der Waals surface area (Å²) >= 11 is 0. The van der Waals surface area contributed by atoms with Gasteiger partial charge in [0.2, 0.25) is 5.91 Å². The van der Waals surface area contributed by atoms with Crippen LogP contribution in [-0.4, -0.2) is 23.5 Å². The summed E-state index contributed by atoms with van der Waals surface area (Å²) in [6, 6.07) is 4.80. The van der Waals surface area contributed by atoms with Gasteiger partial charge in [-0.15, -0.1) is 0 Å². The van der Waals surface area contributed by atoms with E-state index in [1.807, 2.05) is 0 Å². The highest BCUT2D eigenvalue weighted by atomic mass is 16.4. The molecule has 0 bridgehead atoms. The Bertz CT molecular complexity index is 467. The number of rotatable bonds is 4. The Morgan fingerprint density at radius 2 is 2.18 bits per heavy atom. The molecule has 1 aromatic carbocycles. The second kappa shape index (κ2) is 5.81. The van der Waals surface area contributed by atoms with E-state index >= 15 is 0 Å². The van der Waals surface area contributed by atoms with E-state index < -0.39 is 11.9 Å². The minimum atomic E-state index is -1.08. The molecular formula is C12H14N2O3. The van der Waals surface area contributed by atoms with Gasteiger partial charge in [0.25, 0.3) is 0 Å². The summed E-state index contributed by atoms with van der Waals surface area (Å²) < 4.78 is 0. The lowest BCUT2D eigenvalue weighted by Gasteiger charge is -2.07. The molecule has 4 N–H and O–H groups in total.